The van der Waals surface area contributed by atoms with E-state index in [0.717, 1.165) is 44.1 Å². The number of terminal acetylenes is 1. The molecule has 3 amide bonds. The van der Waals surface area contributed by atoms with E-state index in [1.165, 1.54) is 0 Å². The van der Waals surface area contributed by atoms with E-state index in [1.807, 2.05) is 49.4 Å². The summed E-state index contributed by atoms with van der Waals surface area (Å²) in [5, 5.41) is 6.13. The number of carbonyl (C=O) groups excluding carboxylic acids is 3. The predicted octanol–water partition coefficient (Wildman–Crippen LogP) is 6.95. The smallest absolute Gasteiger partial charge is 0.408 e. The summed E-state index contributed by atoms with van der Waals surface area (Å²) in [6.45, 7) is 11.6. The third kappa shape index (κ3) is 10.7. The molecule has 2 N–H and O–H groups in total. The highest BCUT2D eigenvalue weighted by atomic mass is 16.6. The molecule has 3 unspecified atom stereocenters. The molecule has 3 atom stereocenters. The maximum atomic E-state index is 14.8. The van der Waals surface area contributed by atoms with Crippen molar-refractivity contribution in [3.63, 3.8) is 0 Å². The van der Waals surface area contributed by atoms with Crippen LogP contribution in [0.3, 0.4) is 0 Å². The van der Waals surface area contributed by atoms with Crippen molar-refractivity contribution in [3.05, 3.63) is 71.3 Å². The van der Waals surface area contributed by atoms with Gasteiger partial charge < -0.3 is 20.3 Å². The molecule has 0 bridgehead atoms. The van der Waals surface area contributed by atoms with Crippen molar-refractivity contribution in [2.45, 2.75) is 123 Å². The molecule has 2 aromatic rings. The summed E-state index contributed by atoms with van der Waals surface area (Å²) in [5.41, 5.74) is 1.52. The number of benzene rings is 2. The SMILES string of the molecule is C#Cc1ccc(C(C(=O)NC2CCCCC2)N(C(=O)C(Cc2ccccc2)NC(=O)OC(C)(C)C)C(C)CCC(C)C)cc1. The van der Waals surface area contributed by atoms with Crippen molar-refractivity contribution in [1.29, 1.82) is 0 Å². The molecule has 1 aliphatic rings. The fourth-order valence-corrected chi connectivity index (χ4v) is 5.72. The molecule has 3 rings (SSSR count). The number of alkyl carbamates (subject to hydrolysis) is 1. The third-order valence-corrected chi connectivity index (χ3v) is 8.03. The van der Waals surface area contributed by atoms with E-state index in [1.54, 1.807) is 37.8 Å². The monoisotopic (exact) mass is 601 g/mol. The van der Waals surface area contributed by atoms with Crippen LogP contribution >= 0.6 is 0 Å². The molecule has 238 valence electrons. The zero-order valence-electron chi connectivity index (χ0n) is 27.4. The molecule has 1 saturated carbocycles. The zero-order valence-corrected chi connectivity index (χ0v) is 27.4. The third-order valence-electron chi connectivity index (χ3n) is 8.03. The summed E-state index contributed by atoms with van der Waals surface area (Å²) in [7, 11) is 0. The first kappa shape index (κ1) is 34.7. The Morgan fingerprint density at radius 2 is 1.59 bits per heavy atom. The lowest BCUT2D eigenvalue weighted by atomic mass is 9.93. The molecule has 0 aliphatic heterocycles. The van der Waals surface area contributed by atoms with Crippen LogP contribution in [0.1, 0.15) is 109 Å². The Bertz CT molecular complexity index is 1250. The van der Waals surface area contributed by atoms with Crippen LogP contribution in [0.2, 0.25) is 0 Å². The Labute approximate surface area is 264 Å². The summed E-state index contributed by atoms with van der Waals surface area (Å²) >= 11 is 0. The van der Waals surface area contributed by atoms with Crippen molar-refractivity contribution in [2.75, 3.05) is 0 Å². The largest absolute Gasteiger partial charge is 0.444 e. The standard InChI is InChI=1S/C37H51N3O4/c1-8-28-21-23-30(24-22-28)33(34(41)38-31-17-13-10-14-18-31)40(27(4)20-19-26(2)3)35(42)32(25-29-15-11-9-12-16-29)39-36(43)44-37(5,6)7/h1,9,11-12,15-16,21-24,26-27,31-33H,10,13-14,17-20,25H2,2-7H3,(H,38,41)(H,39,43). The molecule has 44 heavy (non-hydrogen) atoms. The van der Waals surface area contributed by atoms with Gasteiger partial charge in [0, 0.05) is 24.1 Å². The van der Waals surface area contributed by atoms with Gasteiger partial charge in [0.2, 0.25) is 11.8 Å². The summed E-state index contributed by atoms with van der Waals surface area (Å²) in [6, 6.07) is 14.8. The number of carbonyl (C=O) groups is 3. The minimum atomic E-state index is -0.955. The van der Waals surface area contributed by atoms with E-state index in [2.05, 4.69) is 30.4 Å². The Morgan fingerprint density at radius 1 is 0.955 bits per heavy atom. The van der Waals surface area contributed by atoms with Crippen LogP contribution in [0.15, 0.2) is 54.6 Å². The topological polar surface area (TPSA) is 87.7 Å². The summed E-state index contributed by atoms with van der Waals surface area (Å²) in [4.78, 5) is 43.9. The van der Waals surface area contributed by atoms with Gasteiger partial charge in [0.1, 0.15) is 17.7 Å². The number of rotatable bonds is 12. The first-order valence-corrected chi connectivity index (χ1v) is 16.1. The van der Waals surface area contributed by atoms with Crippen molar-refractivity contribution in [3.8, 4) is 12.3 Å². The van der Waals surface area contributed by atoms with E-state index >= 15 is 0 Å². The van der Waals surface area contributed by atoms with Crippen molar-refractivity contribution in [1.82, 2.24) is 15.5 Å². The van der Waals surface area contributed by atoms with Gasteiger partial charge in [-0.3, -0.25) is 9.59 Å². The quantitative estimate of drug-likeness (QED) is 0.258. The Morgan fingerprint density at radius 3 is 2.16 bits per heavy atom. The average Bonchev–Trinajstić information content (AvgIpc) is 2.98. The van der Waals surface area contributed by atoms with Gasteiger partial charge in [0.15, 0.2) is 0 Å². The lowest BCUT2D eigenvalue weighted by molar-refractivity contribution is -0.145. The van der Waals surface area contributed by atoms with Gasteiger partial charge in [0.05, 0.1) is 0 Å². The van der Waals surface area contributed by atoms with Crippen LogP contribution in [0.25, 0.3) is 0 Å². The molecule has 2 aromatic carbocycles. The number of ether oxygens (including phenoxy) is 1. The van der Waals surface area contributed by atoms with Crippen molar-refractivity contribution >= 4 is 17.9 Å². The predicted molar refractivity (Wildman–Crippen MR) is 176 cm³/mol. The fraction of sp³-hybridized carbons (Fsp3) is 0.541. The zero-order chi connectivity index (χ0) is 32.3. The molecule has 1 aliphatic carbocycles. The van der Waals surface area contributed by atoms with Crippen LogP contribution < -0.4 is 10.6 Å². The van der Waals surface area contributed by atoms with Gasteiger partial charge in [-0.05, 0) is 82.6 Å². The lowest BCUT2D eigenvalue weighted by Crippen LogP contribution is -2.57. The molecule has 1 fully saturated rings. The van der Waals surface area contributed by atoms with Gasteiger partial charge in [-0.1, -0.05) is 81.5 Å². The minimum Gasteiger partial charge on any atom is -0.444 e. The molecule has 7 heteroatoms. The van der Waals surface area contributed by atoms with E-state index in [0.29, 0.717) is 23.5 Å². The molecule has 0 spiro atoms. The van der Waals surface area contributed by atoms with Crippen molar-refractivity contribution < 1.29 is 19.1 Å². The first-order valence-electron chi connectivity index (χ1n) is 16.1. The summed E-state index contributed by atoms with van der Waals surface area (Å²) in [5.74, 6) is 2.50. The molecule has 0 saturated heterocycles. The number of amides is 3. The van der Waals surface area contributed by atoms with Gasteiger partial charge >= 0.3 is 6.09 Å². The summed E-state index contributed by atoms with van der Waals surface area (Å²) < 4.78 is 5.58. The molecule has 0 heterocycles. The fourth-order valence-electron chi connectivity index (χ4n) is 5.72. The maximum absolute atomic E-state index is 14.8. The first-order chi connectivity index (χ1) is 20.9. The Hall–Kier alpha value is -3.79. The van der Waals surface area contributed by atoms with Gasteiger partial charge in [-0.15, -0.1) is 6.42 Å². The Kier molecular flexibility index (Phi) is 12.9. The number of hydrogen-bond donors (Lipinski definition) is 2. The Balaban J connectivity index is 2.09. The lowest BCUT2D eigenvalue weighted by Gasteiger charge is -2.39. The van der Waals surface area contributed by atoms with E-state index in [-0.39, 0.29) is 30.3 Å². The van der Waals surface area contributed by atoms with Crippen LogP contribution in [0, 0.1) is 18.3 Å². The van der Waals surface area contributed by atoms with E-state index < -0.39 is 23.8 Å². The van der Waals surface area contributed by atoms with Gasteiger partial charge in [-0.2, -0.15) is 0 Å². The second-order valence-corrected chi connectivity index (χ2v) is 13.5. The second-order valence-electron chi connectivity index (χ2n) is 13.5. The van der Waals surface area contributed by atoms with Crippen LogP contribution in [0.5, 0.6) is 0 Å². The summed E-state index contributed by atoms with van der Waals surface area (Å²) in [6.07, 6.45) is 11.9. The highest BCUT2D eigenvalue weighted by Crippen LogP contribution is 2.29. The van der Waals surface area contributed by atoms with Crippen LogP contribution in [-0.2, 0) is 20.7 Å². The number of nitrogens with one attached hydrogen (secondary N) is 2. The molecule has 0 aromatic heterocycles. The van der Waals surface area contributed by atoms with E-state index in [4.69, 9.17) is 11.2 Å². The molecular weight excluding hydrogens is 550 g/mol. The minimum absolute atomic E-state index is 0.0617. The maximum Gasteiger partial charge on any atom is 0.408 e. The normalized spacial score (nSPS) is 15.9. The molecule has 7 nitrogen and oxygen atoms in total. The highest BCUT2D eigenvalue weighted by molar-refractivity contribution is 5.92. The second kappa shape index (κ2) is 16.3. The van der Waals surface area contributed by atoms with Crippen LogP contribution in [-0.4, -0.2) is 46.5 Å². The number of hydrogen-bond acceptors (Lipinski definition) is 4. The molecular formula is C37H51N3O4. The van der Waals surface area contributed by atoms with Gasteiger partial charge in [-0.25, -0.2) is 4.79 Å². The molecule has 0 radical (unpaired) electrons. The van der Waals surface area contributed by atoms with Gasteiger partial charge in [0.25, 0.3) is 0 Å². The van der Waals surface area contributed by atoms with Crippen molar-refractivity contribution in [2.24, 2.45) is 5.92 Å². The number of nitrogens with zero attached hydrogens (tertiary/aromatic N) is 1. The average molecular weight is 602 g/mol. The highest BCUT2D eigenvalue weighted by Gasteiger charge is 2.39. The van der Waals surface area contributed by atoms with E-state index in [9.17, 15) is 14.4 Å². The van der Waals surface area contributed by atoms with Crippen LogP contribution in [0.4, 0.5) is 4.79 Å².